The molecule has 6 fully saturated rings. The first-order chi connectivity index (χ1) is 49.8. The highest BCUT2D eigenvalue weighted by atomic mass is 35.5. The minimum absolute atomic E-state index is 0.00194. The van der Waals surface area contributed by atoms with E-state index in [4.69, 9.17) is 16.3 Å². The van der Waals surface area contributed by atoms with Gasteiger partial charge in [0.25, 0.3) is 0 Å². The van der Waals surface area contributed by atoms with Gasteiger partial charge in [0.05, 0.1) is 32.0 Å². The summed E-state index contributed by atoms with van der Waals surface area (Å²) in [5.74, 6) is -10.7. The molecule has 3 N–H and O–H groups in total. The number of likely N-dealkylation sites (N-methyl/N-ethyl adjacent to an activating group) is 7. The number of hydrogen-bond acceptors (Lipinski definition) is 13. The number of rotatable bonds is 14. The van der Waals surface area contributed by atoms with Crippen LogP contribution in [0.3, 0.4) is 0 Å². The molecule has 2 saturated heterocycles. The maximum absolute atomic E-state index is 15.8. The van der Waals surface area contributed by atoms with Crippen molar-refractivity contribution in [2.24, 2.45) is 46.8 Å². The van der Waals surface area contributed by atoms with Gasteiger partial charge in [-0.1, -0.05) is 98.6 Å². The first kappa shape index (κ1) is 86.7. The second kappa shape index (κ2) is 37.7. The molecular weight excluding hydrogens is 1390 g/mol. The Balaban J connectivity index is 1.32. The topological polar surface area (TPSA) is 279 Å². The number of carbonyl (C=O) groups excluding carboxylic acids is 12. The Morgan fingerprint density at radius 3 is 1.90 bits per heavy atom. The van der Waals surface area contributed by atoms with E-state index in [1.165, 1.54) is 76.6 Å². The fourth-order valence-electron chi connectivity index (χ4n) is 17.8. The molecule has 2 bridgehead atoms. The summed E-state index contributed by atoms with van der Waals surface area (Å²) in [4.78, 5) is 194. The lowest BCUT2D eigenvalue weighted by atomic mass is 9.58. The van der Waals surface area contributed by atoms with E-state index in [1.54, 1.807) is 33.8 Å². The van der Waals surface area contributed by atoms with E-state index < -0.39 is 179 Å². The van der Waals surface area contributed by atoms with E-state index in [2.05, 4.69) is 22.9 Å². The highest BCUT2D eigenvalue weighted by molar-refractivity contribution is 6.21. The summed E-state index contributed by atoms with van der Waals surface area (Å²) in [7, 11) is 8.56. The third-order valence-corrected chi connectivity index (χ3v) is 24.9. The molecule has 1 spiro atoms. The van der Waals surface area contributed by atoms with Crippen LogP contribution in [0.15, 0.2) is 12.2 Å². The number of carbonyl (C=O) groups is 12. The molecule has 0 aromatic rings. The van der Waals surface area contributed by atoms with Crippen LogP contribution in [0, 0.1) is 46.8 Å². The molecule has 25 nitrogen and oxygen atoms in total. The summed E-state index contributed by atoms with van der Waals surface area (Å²) < 4.78 is 48.2. The van der Waals surface area contributed by atoms with Crippen LogP contribution in [0.25, 0.3) is 0 Å². The molecule has 106 heavy (non-hydrogen) atoms. The van der Waals surface area contributed by atoms with E-state index in [9.17, 15) is 37.1 Å². The lowest BCUT2D eigenvalue weighted by molar-refractivity contribution is -0.182. The van der Waals surface area contributed by atoms with Crippen molar-refractivity contribution in [2.75, 3.05) is 94.8 Å². The summed E-state index contributed by atoms with van der Waals surface area (Å²) in [6.45, 7) is 15.8. The summed E-state index contributed by atoms with van der Waals surface area (Å²) in [6.07, 6.45) is 5.71. The average Bonchev–Trinajstić information content (AvgIpc) is 0.867. The Morgan fingerprint density at radius 1 is 0.670 bits per heavy atom. The van der Waals surface area contributed by atoms with Crippen molar-refractivity contribution in [3.63, 3.8) is 0 Å². The predicted octanol–water partition coefficient (Wildman–Crippen LogP) is 6.77. The molecule has 0 radical (unpaired) electrons. The maximum Gasteiger partial charge on any atom is 0.393 e. The molecule has 7 aliphatic rings. The van der Waals surface area contributed by atoms with Gasteiger partial charge in [0.1, 0.15) is 53.9 Å². The number of amides is 12. The first-order valence-corrected chi connectivity index (χ1v) is 39.6. The van der Waals surface area contributed by atoms with Crippen LogP contribution >= 0.6 is 11.6 Å². The van der Waals surface area contributed by atoms with Gasteiger partial charge in [-0.2, -0.15) is 13.2 Å². The van der Waals surface area contributed by atoms with Gasteiger partial charge in [-0.05, 0) is 145 Å². The summed E-state index contributed by atoms with van der Waals surface area (Å²) in [6, 6.07) is -10.2. The highest BCUT2D eigenvalue weighted by Gasteiger charge is 2.59. The summed E-state index contributed by atoms with van der Waals surface area (Å²) in [5, 5.41) is 7.62. The standard InChI is InChI=1S/C77H124ClF3N12O13/c1-16-49(7)64-72(103)86(11)43-63(96)87(12)56-27-21-20-24-36-92(71(56)102)59(39-51-30-28-47(5)29-31-51)69(100)85(10)42-61(94)82-55(35-33-50-32-34-53(54(78)38-50)77(79,80)81)68(99)93-41-48(6)37-57(93)67(98)84-76(45-75(8,9)46-76)74(105)90(15)65(52-25-22-23-26-52)73(104)89(14)58(70(101)91(17-2)18-3)40-62(95)88(13)60(44-106-19-4)66(97)83-64/h20-21,47-60,64-65H,16-19,22-46H2,1-15H3,(H,82,94)(H,83,97)(H,84,98)/b21-20-/t47?,48-,49-,50?,51?,53?,54?,55-,56-,57-,58-,59-,60-,64-,65-/m0/s1. The van der Waals surface area contributed by atoms with Crippen molar-refractivity contribution >= 4 is 82.5 Å². The minimum atomic E-state index is -4.52. The van der Waals surface area contributed by atoms with Crippen LogP contribution < -0.4 is 16.0 Å². The van der Waals surface area contributed by atoms with Crippen LogP contribution in [-0.2, 0) is 62.3 Å². The predicted molar refractivity (Wildman–Crippen MR) is 394 cm³/mol. The largest absolute Gasteiger partial charge is 0.393 e. The molecule has 3 heterocycles. The van der Waals surface area contributed by atoms with Gasteiger partial charge in [0, 0.05) is 80.4 Å². The van der Waals surface area contributed by atoms with Crippen molar-refractivity contribution < 1.29 is 75.4 Å². The zero-order valence-corrected chi connectivity index (χ0v) is 66.5. The number of hydrogen-bond donors (Lipinski definition) is 3. The molecule has 3 aliphatic heterocycles. The molecule has 598 valence electrons. The van der Waals surface area contributed by atoms with Crippen molar-refractivity contribution in [1.82, 2.24) is 60.0 Å². The third kappa shape index (κ3) is 21.1. The summed E-state index contributed by atoms with van der Waals surface area (Å²) in [5.41, 5.74) is -2.13. The number of alkyl halides is 4. The molecule has 12 amide bonds. The summed E-state index contributed by atoms with van der Waals surface area (Å²) >= 11 is 6.46. The SMILES string of the molecule is CCOC[C@H]1C(=O)N[C@@H]([C@@H](C)CC)C(=O)N(C)CC(=O)N(C)[C@H]2C/C=C\CCN(C2=O)[C@@H](CC2CCC(C)CC2)C(=O)N(C)CC(=O)N[C@@H](CCC2CCC(C(F)(F)F)C(Cl)C2)C(=O)N2C[C@@H](C)C[C@H]2C(=O)NC2(CC(C)(C)C2)C(=O)N(C)[C@@H](C2CCCC2)C(=O)N(C)[C@H](C(=O)N(CC)CC)CC(=O)N1C. The van der Waals surface area contributed by atoms with E-state index in [0.29, 0.717) is 31.6 Å². The second-order valence-electron chi connectivity index (χ2n) is 32.9. The van der Waals surface area contributed by atoms with Gasteiger partial charge in [-0.25, -0.2) is 0 Å². The van der Waals surface area contributed by atoms with E-state index in [1.807, 2.05) is 33.8 Å². The van der Waals surface area contributed by atoms with Crippen LogP contribution in [0.5, 0.6) is 0 Å². The number of nitrogens with one attached hydrogen (secondary N) is 3. The molecule has 0 aromatic carbocycles. The molecule has 0 aromatic heterocycles. The van der Waals surface area contributed by atoms with Gasteiger partial charge in [0.15, 0.2) is 0 Å². The van der Waals surface area contributed by atoms with Crippen molar-refractivity contribution in [3.05, 3.63) is 12.2 Å². The number of nitrogens with zero attached hydrogens (tertiary/aromatic N) is 9. The molecule has 3 unspecified atom stereocenters. The van der Waals surface area contributed by atoms with Gasteiger partial charge >= 0.3 is 6.18 Å². The zero-order chi connectivity index (χ0) is 78.6. The monoisotopic (exact) mass is 1520 g/mol. The van der Waals surface area contributed by atoms with Gasteiger partial charge < -0.3 is 64.8 Å². The van der Waals surface area contributed by atoms with Gasteiger partial charge in [0.2, 0.25) is 70.9 Å². The van der Waals surface area contributed by atoms with Crippen LogP contribution in [-0.4, -0.2) is 275 Å². The van der Waals surface area contributed by atoms with Crippen LogP contribution in [0.1, 0.15) is 197 Å². The van der Waals surface area contributed by atoms with Crippen molar-refractivity contribution in [3.8, 4) is 0 Å². The van der Waals surface area contributed by atoms with E-state index in [0.717, 1.165) is 48.3 Å². The molecule has 13 atom stereocenters. The zero-order valence-electron chi connectivity index (χ0n) is 65.7. The Morgan fingerprint density at radius 2 is 1.30 bits per heavy atom. The van der Waals surface area contributed by atoms with E-state index in [-0.39, 0.29) is 121 Å². The minimum Gasteiger partial charge on any atom is -0.379 e. The van der Waals surface area contributed by atoms with Gasteiger partial charge in [-0.3, -0.25) is 57.5 Å². The Hall–Kier alpha value is -6.58. The molecule has 4 aliphatic carbocycles. The number of fused-ring (bicyclic) bond motifs is 3. The lowest BCUT2D eigenvalue weighted by Gasteiger charge is -2.54. The van der Waals surface area contributed by atoms with Crippen LogP contribution in [0.2, 0.25) is 0 Å². The molecule has 4 saturated carbocycles. The Bertz CT molecular complexity index is 3150. The van der Waals surface area contributed by atoms with Crippen LogP contribution in [0.4, 0.5) is 13.2 Å². The van der Waals surface area contributed by atoms with Gasteiger partial charge in [-0.15, -0.1) is 11.6 Å². The number of halogens is 4. The molecular formula is C77H124ClF3N12O13. The lowest BCUT2D eigenvalue weighted by Crippen LogP contribution is -2.71. The van der Waals surface area contributed by atoms with Crippen molar-refractivity contribution in [1.29, 1.82) is 0 Å². The fraction of sp³-hybridized carbons (Fsp3) is 0.818. The van der Waals surface area contributed by atoms with Crippen molar-refractivity contribution in [2.45, 2.75) is 263 Å². The average molecular weight is 1520 g/mol. The maximum atomic E-state index is 15.8. The quantitative estimate of drug-likeness (QED) is 0.120. The normalized spacial score (nSPS) is 31.9. The molecule has 7 rings (SSSR count). The Labute approximate surface area is 631 Å². The van der Waals surface area contributed by atoms with E-state index >= 15 is 33.6 Å². The molecule has 29 heteroatoms. The third-order valence-electron chi connectivity index (χ3n) is 24.4. The Kier molecular flexibility index (Phi) is 30.8. The first-order valence-electron chi connectivity index (χ1n) is 39.1. The number of ether oxygens (including phenoxy) is 1. The highest BCUT2D eigenvalue weighted by Crippen LogP contribution is 2.50. The smallest absolute Gasteiger partial charge is 0.379 e. The fourth-order valence-corrected chi connectivity index (χ4v) is 18.3. The second-order valence-corrected chi connectivity index (χ2v) is 33.5.